The number of piperidine rings is 1. The Bertz CT molecular complexity index is 446. The molecule has 0 bridgehead atoms. The van der Waals surface area contributed by atoms with Crippen LogP contribution in [-0.2, 0) is 6.42 Å². The molecular formula is C15H21BrN2. The third kappa shape index (κ3) is 2.24. The van der Waals surface area contributed by atoms with Crippen molar-refractivity contribution in [3.8, 4) is 0 Å². The highest BCUT2D eigenvalue weighted by Crippen LogP contribution is 2.39. The number of nitrogens with zero attached hydrogens (tertiary/aromatic N) is 1. The number of nitrogens with two attached hydrogens (primary N) is 1. The topological polar surface area (TPSA) is 29.3 Å². The van der Waals surface area contributed by atoms with Crippen LogP contribution in [0.2, 0.25) is 0 Å². The van der Waals surface area contributed by atoms with Crippen LogP contribution in [-0.4, -0.2) is 23.5 Å². The van der Waals surface area contributed by atoms with Crippen LogP contribution in [0.15, 0.2) is 22.7 Å². The molecule has 3 heteroatoms. The van der Waals surface area contributed by atoms with Crippen LogP contribution in [0.1, 0.15) is 43.4 Å². The van der Waals surface area contributed by atoms with Gasteiger partial charge in [0, 0.05) is 29.1 Å². The third-order valence-corrected chi connectivity index (χ3v) is 5.01. The number of hydrogen-bond acceptors (Lipinski definition) is 2. The normalized spacial score (nSPS) is 32.5. The molecule has 0 aromatic heterocycles. The molecule has 1 aromatic rings. The van der Waals surface area contributed by atoms with E-state index in [1.807, 2.05) is 0 Å². The van der Waals surface area contributed by atoms with Gasteiger partial charge in [-0.3, -0.25) is 4.90 Å². The summed E-state index contributed by atoms with van der Waals surface area (Å²) in [6.45, 7) is 3.48. The van der Waals surface area contributed by atoms with E-state index < -0.39 is 0 Å². The highest BCUT2D eigenvalue weighted by atomic mass is 79.9. The fourth-order valence-electron chi connectivity index (χ4n) is 3.60. The smallest absolute Gasteiger partial charge is 0.0356 e. The minimum Gasteiger partial charge on any atom is -0.328 e. The highest BCUT2D eigenvalue weighted by molar-refractivity contribution is 9.10. The molecule has 3 atom stereocenters. The molecule has 3 unspecified atom stereocenters. The van der Waals surface area contributed by atoms with Crippen molar-refractivity contribution in [3.63, 3.8) is 0 Å². The maximum absolute atomic E-state index is 6.07. The average Bonchev–Trinajstić information content (AvgIpc) is 2.72. The van der Waals surface area contributed by atoms with E-state index in [-0.39, 0.29) is 0 Å². The molecule has 1 aliphatic heterocycles. The van der Waals surface area contributed by atoms with Crippen molar-refractivity contribution in [2.45, 2.75) is 50.7 Å². The van der Waals surface area contributed by atoms with E-state index in [2.05, 4.69) is 46.0 Å². The standard InChI is InChI=1S/C15H21BrN2/c1-10-8-13(17)6-7-18(10)15-5-2-11-9-12(16)3-4-14(11)15/h3-4,9-10,13,15H,2,5-8,17H2,1H3. The zero-order valence-corrected chi connectivity index (χ0v) is 12.5. The Hall–Kier alpha value is -0.380. The highest BCUT2D eigenvalue weighted by Gasteiger charge is 2.33. The molecule has 2 aliphatic rings. The van der Waals surface area contributed by atoms with Gasteiger partial charge < -0.3 is 5.73 Å². The zero-order valence-electron chi connectivity index (χ0n) is 10.9. The van der Waals surface area contributed by atoms with Gasteiger partial charge in [-0.15, -0.1) is 0 Å². The summed E-state index contributed by atoms with van der Waals surface area (Å²) in [5.41, 5.74) is 9.13. The van der Waals surface area contributed by atoms with Crippen LogP contribution in [0.3, 0.4) is 0 Å². The van der Waals surface area contributed by atoms with Gasteiger partial charge in [-0.05, 0) is 55.9 Å². The second-order valence-electron chi connectivity index (χ2n) is 5.77. The number of rotatable bonds is 1. The summed E-state index contributed by atoms with van der Waals surface area (Å²) in [6.07, 6.45) is 4.77. The van der Waals surface area contributed by atoms with Gasteiger partial charge in [0.2, 0.25) is 0 Å². The SMILES string of the molecule is CC1CC(N)CCN1C1CCc2cc(Br)ccc21. The van der Waals surface area contributed by atoms with E-state index in [0.29, 0.717) is 18.1 Å². The lowest BCUT2D eigenvalue weighted by atomic mass is 9.95. The predicted molar refractivity (Wildman–Crippen MR) is 78.6 cm³/mol. The Morgan fingerprint density at radius 2 is 2.17 bits per heavy atom. The van der Waals surface area contributed by atoms with E-state index in [4.69, 9.17) is 5.73 Å². The van der Waals surface area contributed by atoms with Gasteiger partial charge in [0.05, 0.1) is 0 Å². The van der Waals surface area contributed by atoms with Crippen LogP contribution in [0.25, 0.3) is 0 Å². The molecule has 1 aliphatic carbocycles. The van der Waals surface area contributed by atoms with Crippen molar-refractivity contribution in [3.05, 3.63) is 33.8 Å². The Kier molecular flexibility index (Phi) is 3.48. The number of likely N-dealkylation sites (tertiary alicyclic amines) is 1. The lowest BCUT2D eigenvalue weighted by molar-refractivity contribution is 0.0958. The molecule has 3 rings (SSSR count). The molecule has 98 valence electrons. The van der Waals surface area contributed by atoms with Crippen molar-refractivity contribution in [1.29, 1.82) is 0 Å². The second kappa shape index (κ2) is 4.95. The molecule has 1 fully saturated rings. The maximum Gasteiger partial charge on any atom is 0.0356 e. The monoisotopic (exact) mass is 308 g/mol. The first-order valence-electron chi connectivity index (χ1n) is 6.95. The van der Waals surface area contributed by atoms with Crippen molar-refractivity contribution < 1.29 is 0 Å². The largest absolute Gasteiger partial charge is 0.328 e. The molecular weight excluding hydrogens is 288 g/mol. The van der Waals surface area contributed by atoms with Crippen LogP contribution >= 0.6 is 15.9 Å². The summed E-state index contributed by atoms with van der Waals surface area (Å²) in [4.78, 5) is 2.67. The molecule has 18 heavy (non-hydrogen) atoms. The van der Waals surface area contributed by atoms with Crippen LogP contribution < -0.4 is 5.73 Å². The number of fused-ring (bicyclic) bond motifs is 1. The zero-order chi connectivity index (χ0) is 12.7. The first kappa shape index (κ1) is 12.6. The van der Waals surface area contributed by atoms with Crippen molar-refractivity contribution in [2.75, 3.05) is 6.54 Å². The first-order chi connectivity index (χ1) is 8.65. The number of aryl methyl sites for hydroxylation is 1. The summed E-state index contributed by atoms with van der Waals surface area (Å²) in [5.74, 6) is 0. The molecule has 0 amide bonds. The van der Waals surface area contributed by atoms with Gasteiger partial charge in [0.1, 0.15) is 0 Å². The van der Waals surface area contributed by atoms with Gasteiger partial charge in [-0.2, -0.15) is 0 Å². The minimum atomic E-state index is 0.405. The van der Waals surface area contributed by atoms with E-state index in [1.54, 1.807) is 5.56 Å². The first-order valence-corrected chi connectivity index (χ1v) is 7.74. The molecule has 2 nitrogen and oxygen atoms in total. The molecule has 0 saturated carbocycles. The number of hydrogen-bond donors (Lipinski definition) is 1. The van der Waals surface area contributed by atoms with Crippen molar-refractivity contribution >= 4 is 15.9 Å². The predicted octanol–water partition coefficient (Wildman–Crippen LogP) is 3.25. The lowest BCUT2D eigenvalue weighted by Gasteiger charge is -2.40. The fraction of sp³-hybridized carbons (Fsp3) is 0.600. The molecule has 1 heterocycles. The van der Waals surface area contributed by atoms with Crippen LogP contribution in [0.4, 0.5) is 0 Å². The van der Waals surface area contributed by atoms with Gasteiger partial charge in [-0.25, -0.2) is 0 Å². The average molecular weight is 309 g/mol. The molecule has 0 radical (unpaired) electrons. The Labute approximate surface area is 118 Å². The second-order valence-corrected chi connectivity index (χ2v) is 6.68. The molecule has 1 saturated heterocycles. The maximum atomic E-state index is 6.07. The van der Waals surface area contributed by atoms with E-state index in [0.717, 1.165) is 19.4 Å². The number of halogens is 1. The summed E-state index contributed by atoms with van der Waals surface area (Å²) >= 11 is 3.57. The van der Waals surface area contributed by atoms with Crippen molar-refractivity contribution in [1.82, 2.24) is 4.90 Å². The summed E-state index contributed by atoms with van der Waals surface area (Å²) < 4.78 is 1.20. The molecule has 1 aromatic carbocycles. The van der Waals surface area contributed by atoms with Gasteiger partial charge in [-0.1, -0.05) is 22.0 Å². The molecule has 0 spiro atoms. The summed E-state index contributed by atoms with van der Waals surface area (Å²) in [7, 11) is 0. The fourth-order valence-corrected chi connectivity index (χ4v) is 4.01. The number of benzene rings is 1. The lowest BCUT2D eigenvalue weighted by Crippen LogP contribution is -2.46. The van der Waals surface area contributed by atoms with E-state index >= 15 is 0 Å². The molecule has 2 N–H and O–H groups in total. The van der Waals surface area contributed by atoms with Gasteiger partial charge >= 0.3 is 0 Å². The Morgan fingerprint density at radius 3 is 2.94 bits per heavy atom. The van der Waals surface area contributed by atoms with E-state index in [9.17, 15) is 0 Å². The van der Waals surface area contributed by atoms with Crippen LogP contribution in [0.5, 0.6) is 0 Å². The van der Waals surface area contributed by atoms with Gasteiger partial charge in [0.15, 0.2) is 0 Å². The Balaban J connectivity index is 1.83. The quantitative estimate of drug-likeness (QED) is 0.863. The summed E-state index contributed by atoms with van der Waals surface area (Å²) in [6, 6.07) is 8.41. The van der Waals surface area contributed by atoms with E-state index in [1.165, 1.54) is 22.9 Å². The minimum absolute atomic E-state index is 0.405. The summed E-state index contributed by atoms with van der Waals surface area (Å²) in [5, 5.41) is 0. The van der Waals surface area contributed by atoms with Gasteiger partial charge in [0.25, 0.3) is 0 Å². The van der Waals surface area contributed by atoms with Crippen LogP contribution in [0, 0.1) is 0 Å². The Morgan fingerprint density at radius 1 is 1.33 bits per heavy atom. The van der Waals surface area contributed by atoms with Crippen molar-refractivity contribution in [2.24, 2.45) is 5.73 Å². The third-order valence-electron chi connectivity index (χ3n) is 4.52.